The highest BCUT2D eigenvalue weighted by Crippen LogP contribution is 2.32. The molecule has 0 saturated carbocycles. The van der Waals surface area contributed by atoms with Crippen molar-refractivity contribution in [2.75, 3.05) is 6.79 Å². The lowest BCUT2D eigenvalue weighted by Gasteiger charge is -2.24. The molecule has 0 unspecified atom stereocenters. The minimum absolute atomic E-state index is 0.0800. The van der Waals surface area contributed by atoms with Crippen molar-refractivity contribution < 1.29 is 14.3 Å². The van der Waals surface area contributed by atoms with E-state index in [0.29, 0.717) is 17.1 Å². The third-order valence-electron chi connectivity index (χ3n) is 4.08. The normalized spacial score (nSPS) is 18.9. The van der Waals surface area contributed by atoms with Crippen LogP contribution in [0.1, 0.15) is 28.3 Å². The van der Waals surface area contributed by atoms with Crippen LogP contribution in [0.4, 0.5) is 0 Å². The molecule has 2 aliphatic heterocycles. The first-order valence-electron chi connectivity index (χ1n) is 7.42. The molecule has 6 heteroatoms. The first-order chi connectivity index (χ1) is 10.7. The quantitative estimate of drug-likeness (QED) is 0.916. The van der Waals surface area contributed by atoms with E-state index in [1.54, 1.807) is 18.2 Å². The molecule has 0 spiro atoms. The summed E-state index contributed by atoms with van der Waals surface area (Å²) in [4.78, 5) is 16.9. The van der Waals surface area contributed by atoms with Crippen molar-refractivity contribution >= 4 is 5.91 Å². The fourth-order valence-corrected chi connectivity index (χ4v) is 3.01. The molecule has 0 saturated heterocycles. The lowest BCUT2D eigenvalue weighted by molar-refractivity contribution is 0.0927. The van der Waals surface area contributed by atoms with E-state index >= 15 is 0 Å². The number of carbonyl (C=O) groups is 1. The number of ether oxygens (including phenoxy) is 2. The van der Waals surface area contributed by atoms with Gasteiger partial charge in [0.25, 0.3) is 5.91 Å². The van der Waals surface area contributed by atoms with E-state index in [1.165, 1.54) is 0 Å². The molecule has 114 valence electrons. The number of rotatable bonds is 2. The summed E-state index contributed by atoms with van der Waals surface area (Å²) < 4.78 is 12.7. The minimum Gasteiger partial charge on any atom is -0.454 e. The number of nitrogens with zero attached hydrogens (tertiary/aromatic N) is 2. The van der Waals surface area contributed by atoms with Gasteiger partial charge in [-0.15, -0.1) is 0 Å². The first kappa shape index (κ1) is 13.2. The Morgan fingerprint density at radius 3 is 3.14 bits per heavy atom. The van der Waals surface area contributed by atoms with Crippen LogP contribution in [0.5, 0.6) is 11.5 Å². The van der Waals surface area contributed by atoms with Gasteiger partial charge in [0.05, 0.1) is 5.69 Å². The predicted molar refractivity (Wildman–Crippen MR) is 79.1 cm³/mol. The molecule has 2 aromatic rings. The Bertz CT molecular complexity index is 738. The molecule has 0 aliphatic carbocycles. The monoisotopic (exact) mass is 299 g/mol. The van der Waals surface area contributed by atoms with E-state index in [2.05, 4.69) is 14.9 Å². The molecule has 1 aromatic carbocycles. The topological polar surface area (TPSA) is 65.4 Å². The zero-order valence-corrected chi connectivity index (χ0v) is 12.3. The summed E-state index contributed by atoms with van der Waals surface area (Å²) in [6.07, 6.45) is 3.83. The molecule has 3 heterocycles. The third-order valence-corrected chi connectivity index (χ3v) is 4.08. The van der Waals surface area contributed by atoms with Crippen molar-refractivity contribution in [2.24, 2.45) is 0 Å². The molecule has 1 atom stereocenters. The number of benzene rings is 1. The maximum absolute atomic E-state index is 12.4. The van der Waals surface area contributed by atoms with E-state index in [0.717, 1.165) is 30.9 Å². The van der Waals surface area contributed by atoms with Gasteiger partial charge < -0.3 is 19.4 Å². The van der Waals surface area contributed by atoms with Crippen LogP contribution in [0.3, 0.4) is 0 Å². The van der Waals surface area contributed by atoms with Crippen molar-refractivity contribution in [1.82, 2.24) is 14.9 Å². The number of aryl methyl sites for hydroxylation is 2. The van der Waals surface area contributed by atoms with Gasteiger partial charge in [-0.1, -0.05) is 0 Å². The number of hydrogen-bond donors (Lipinski definition) is 1. The first-order valence-corrected chi connectivity index (χ1v) is 7.42. The summed E-state index contributed by atoms with van der Waals surface area (Å²) in [6, 6.07) is 5.39. The van der Waals surface area contributed by atoms with E-state index in [1.807, 2.05) is 13.1 Å². The summed E-state index contributed by atoms with van der Waals surface area (Å²) in [5, 5.41) is 3.09. The number of aromatic nitrogens is 2. The molecule has 1 N–H and O–H groups in total. The lowest BCUT2D eigenvalue weighted by Crippen LogP contribution is -2.40. The van der Waals surface area contributed by atoms with Crippen LogP contribution in [-0.2, 0) is 13.0 Å². The van der Waals surface area contributed by atoms with Gasteiger partial charge in [0.1, 0.15) is 5.82 Å². The van der Waals surface area contributed by atoms with Crippen molar-refractivity contribution in [3.63, 3.8) is 0 Å². The second-order valence-corrected chi connectivity index (χ2v) is 5.73. The van der Waals surface area contributed by atoms with Gasteiger partial charge >= 0.3 is 0 Å². The number of amides is 1. The van der Waals surface area contributed by atoms with Gasteiger partial charge in [-0.2, -0.15) is 0 Å². The van der Waals surface area contributed by atoms with Gasteiger partial charge in [0, 0.05) is 30.8 Å². The second kappa shape index (κ2) is 5.05. The summed E-state index contributed by atoms with van der Waals surface area (Å²) in [7, 11) is 0. The zero-order valence-electron chi connectivity index (χ0n) is 12.3. The Morgan fingerprint density at radius 2 is 2.23 bits per heavy atom. The molecular weight excluding hydrogens is 282 g/mol. The summed E-state index contributed by atoms with van der Waals surface area (Å²) in [5.74, 6) is 2.34. The SMILES string of the molecule is Cc1cn2c(n1)CC[C@@H](NC(=O)c1ccc3c(c1)OCO3)C2. The standard InChI is InChI=1S/C16H17N3O3/c1-10-7-19-8-12(3-5-15(19)17-10)18-16(20)11-2-4-13-14(6-11)22-9-21-13/h2,4,6-7,12H,3,5,8-9H2,1H3,(H,18,20)/t12-/m1/s1. The largest absolute Gasteiger partial charge is 0.454 e. The van der Waals surface area contributed by atoms with Crippen molar-refractivity contribution in [3.8, 4) is 11.5 Å². The van der Waals surface area contributed by atoms with Crippen LogP contribution in [0.2, 0.25) is 0 Å². The number of fused-ring (bicyclic) bond motifs is 2. The predicted octanol–water partition coefficient (Wildman–Crippen LogP) is 1.67. The number of imidazole rings is 1. The summed E-state index contributed by atoms with van der Waals surface area (Å²) in [5.41, 5.74) is 1.62. The highest BCUT2D eigenvalue weighted by molar-refractivity contribution is 5.95. The van der Waals surface area contributed by atoms with Gasteiger partial charge in [-0.3, -0.25) is 4.79 Å². The summed E-state index contributed by atoms with van der Waals surface area (Å²) in [6.45, 7) is 2.98. The molecular formula is C16H17N3O3. The van der Waals surface area contributed by atoms with Gasteiger partial charge in [-0.25, -0.2) is 4.98 Å². The van der Waals surface area contributed by atoms with Crippen LogP contribution in [-0.4, -0.2) is 28.3 Å². The van der Waals surface area contributed by atoms with Gasteiger partial charge in [0.2, 0.25) is 6.79 Å². The number of hydrogen-bond acceptors (Lipinski definition) is 4. The van der Waals surface area contributed by atoms with E-state index in [9.17, 15) is 4.79 Å². The van der Waals surface area contributed by atoms with E-state index in [4.69, 9.17) is 9.47 Å². The van der Waals surface area contributed by atoms with Crippen LogP contribution in [0.25, 0.3) is 0 Å². The molecule has 0 bridgehead atoms. The number of nitrogens with one attached hydrogen (secondary N) is 1. The van der Waals surface area contributed by atoms with E-state index in [-0.39, 0.29) is 18.7 Å². The molecule has 22 heavy (non-hydrogen) atoms. The van der Waals surface area contributed by atoms with Crippen molar-refractivity contribution in [3.05, 3.63) is 41.5 Å². The third kappa shape index (κ3) is 2.30. The Morgan fingerprint density at radius 1 is 1.36 bits per heavy atom. The number of carbonyl (C=O) groups excluding carboxylic acids is 1. The average Bonchev–Trinajstić information content (AvgIpc) is 3.10. The molecule has 4 rings (SSSR count). The Hall–Kier alpha value is -2.50. The fourth-order valence-electron chi connectivity index (χ4n) is 3.01. The Kier molecular flexibility index (Phi) is 3.03. The molecule has 1 aromatic heterocycles. The fraction of sp³-hybridized carbons (Fsp3) is 0.375. The Balaban J connectivity index is 1.46. The van der Waals surface area contributed by atoms with Gasteiger partial charge in [0.15, 0.2) is 11.5 Å². The molecule has 1 amide bonds. The zero-order chi connectivity index (χ0) is 15.1. The van der Waals surface area contributed by atoms with Crippen LogP contribution < -0.4 is 14.8 Å². The molecule has 0 radical (unpaired) electrons. The smallest absolute Gasteiger partial charge is 0.251 e. The van der Waals surface area contributed by atoms with Crippen LogP contribution >= 0.6 is 0 Å². The molecule has 6 nitrogen and oxygen atoms in total. The van der Waals surface area contributed by atoms with Gasteiger partial charge in [-0.05, 0) is 31.5 Å². The maximum atomic E-state index is 12.4. The minimum atomic E-state index is -0.0800. The summed E-state index contributed by atoms with van der Waals surface area (Å²) >= 11 is 0. The van der Waals surface area contributed by atoms with Crippen molar-refractivity contribution in [2.45, 2.75) is 32.4 Å². The second-order valence-electron chi connectivity index (χ2n) is 5.73. The highest BCUT2D eigenvalue weighted by atomic mass is 16.7. The Labute approximate surface area is 128 Å². The molecule has 0 fully saturated rings. The average molecular weight is 299 g/mol. The molecule has 2 aliphatic rings. The highest BCUT2D eigenvalue weighted by Gasteiger charge is 2.22. The maximum Gasteiger partial charge on any atom is 0.251 e. The van der Waals surface area contributed by atoms with Crippen molar-refractivity contribution in [1.29, 1.82) is 0 Å². The van der Waals surface area contributed by atoms with Crippen LogP contribution in [0.15, 0.2) is 24.4 Å². The van der Waals surface area contributed by atoms with Crippen LogP contribution in [0, 0.1) is 6.92 Å². The lowest BCUT2D eigenvalue weighted by atomic mass is 10.1. The van der Waals surface area contributed by atoms with E-state index < -0.39 is 0 Å².